The minimum atomic E-state index is -0.885. The third kappa shape index (κ3) is 3.53. The number of fused-ring (bicyclic) bond motifs is 2. The molecule has 2 aliphatic heterocycles. The number of hydrogen-bond donors (Lipinski definition) is 1. The second kappa shape index (κ2) is 6.93. The van der Waals surface area contributed by atoms with Gasteiger partial charge in [0.2, 0.25) is 0 Å². The van der Waals surface area contributed by atoms with Gasteiger partial charge in [0.05, 0.1) is 5.60 Å². The highest BCUT2D eigenvalue weighted by molar-refractivity contribution is 5.95. The van der Waals surface area contributed by atoms with Crippen LogP contribution in [0.1, 0.15) is 54.6 Å². The van der Waals surface area contributed by atoms with E-state index in [0.29, 0.717) is 17.4 Å². The molecule has 1 N–H and O–H groups in total. The maximum absolute atomic E-state index is 13.1. The fraction of sp³-hybridized carbons (Fsp3) is 0.458. The molecule has 0 radical (unpaired) electrons. The number of amides is 1. The van der Waals surface area contributed by atoms with E-state index in [1.54, 1.807) is 13.8 Å². The average molecular weight is 380 g/mol. The van der Waals surface area contributed by atoms with Crippen molar-refractivity contribution in [2.75, 3.05) is 13.2 Å². The highest BCUT2D eigenvalue weighted by Gasteiger charge is 2.52. The van der Waals surface area contributed by atoms with E-state index in [-0.39, 0.29) is 17.9 Å². The lowest BCUT2D eigenvalue weighted by molar-refractivity contribution is -0.00436. The van der Waals surface area contributed by atoms with E-state index in [0.717, 1.165) is 31.4 Å². The van der Waals surface area contributed by atoms with Gasteiger partial charge in [0, 0.05) is 23.6 Å². The topological polar surface area (TPSA) is 49.8 Å². The van der Waals surface area contributed by atoms with Crippen LogP contribution in [0.4, 0.5) is 0 Å². The van der Waals surface area contributed by atoms with Gasteiger partial charge in [-0.15, -0.1) is 0 Å². The predicted molar refractivity (Wildman–Crippen MR) is 110 cm³/mol. The Bertz CT molecular complexity index is 858. The minimum absolute atomic E-state index is 0.114. The number of piperidine rings is 2. The van der Waals surface area contributed by atoms with Crippen LogP contribution < -0.4 is 4.74 Å². The third-order valence-corrected chi connectivity index (χ3v) is 6.17. The fourth-order valence-electron chi connectivity index (χ4n) is 4.59. The van der Waals surface area contributed by atoms with Crippen molar-refractivity contribution in [1.82, 2.24) is 4.90 Å². The number of carbonyl (C=O) groups excluding carboxylic acids is 1. The summed E-state index contributed by atoms with van der Waals surface area (Å²) in [4.78, 5) is 15.2. The molecule has 2 aromatic rings. The lowest BCUT2D eigenvalue weighted by Gasteiger charge is -2.58. The Kier molecular flexibility index (Phi) is 4.70. The molecule has 0 spiro atoms. The molecule has 1 amide bonds. The van der Waals surface area contributed by atoms with Crippen LogP contribution >= 0.6 is 0 Å². The first-order chi connectivity index (χ1) is 13.3. The first kappa shape index (κ1) is 19.0. The Balaban J connectivity index is 1.43. The molecule has 3 fully saturated rings. The first-order valence-corrected chi connectivity index (χ1v) is 10.1. The molecular weight excluding hydrogens is 350 g/mol. The summed E-state index contributed by atoms with van der Waals surface area (Å²) >= 11 is 0. The summed E-state index contributed by atoms with van der Waals surface area (Å²) in [5, 5.41) is 9.83. The van der Waals surface area contributed by atoms with E-state index in [4.69, 9.17) is 4.74 Å². The van der Waals surface area contributed by atoms with E-state index in [2.05, 4.69) is 35.2 Å². The van der Waals surface area contributed by atoms with E-state index < -0.39 is 5.60 Å². The lowest BCUT2D eigenvalue weighted by Crippen LogP contribution is -2.61. The summed E-state index contributed by atoms with van der Waals surface area (Å²) in [7, 11) is 0. The van der Waals surface area contributed by atoms with Gasteiger partial charge >= 0.3 is 0 Å². The van der Waals surface area contributed by atoms with Gasteiger partial charge in [0.1, 0.15) is 12.4 Å². The number of nitrogens with zero attached hydrogens (tertiary/aromatic N) is 1. The smallest absolute Gasteiger partial charge is 0.254 e. The van der Waals surface area contributed by atoms with Gasteiger partial charge in [-0.3, -0.25) is 4.79 Å². The monoisotopic (exact) mass is 379 g/mol. The van der Waals surface area contributed by atoms with Crippen molar-refractivity contribution in [3.05, 3.63) is 65.2 Å². The van der Waals surface area contributed by atoms with Gasteiger partial charge in [-0.2, -0.15) is 0 Å². The summed E-state index contributed by atoms with van der Waals surface area (Å²) in [5.41, 5.74) is 2.44. The van der Waals surface area contributed by atoms with Crippen LogP contribution in [0.2, 0.25) is 0 Å². The number of aryl methyl sites for hydroxylation is 1. The van der Waals surface area contributed by atoms with Crippen LogP contribution in [-0.2, 0) is 5.41 Å². The van der Waals surface area contributed by atoms with Gasteiger partial charge < -0.3 is 14.7 Å². The van der Waals surface area contributed by atoms with Gasteiger partial charge in [0.15, 0.2) is 0 Å². The number of rotatable bonds is 5. The van der Waals surface area contributed by atoms with Crippen molar-refractivity contribution in [2.45, 2.75) is 57.1 Å². The summed E-state index contributed by atoms with van der Waals surface area (Å²) in [6.07, 6.45) is 3.16. The highest BCUT2D eigenvalue weighted by atomic mass is 16.5. The number of benzene rings is 2. The van der Waals surface area contributed by atoms with Gasteiger partial charge in [-0.1, -0.05) is 30.3 Å². The summed E-state index contributed by atoms with van der Waals surface area (Å²) < 4.78 is 5.70. The van der Waals surface area contributed by atoms with Crippen molar-refractivity contribution in [1.29, 1.82) is 0 Å². The van der Waals surface area contributed by atoms with Crippen molar-refractivity contribution >= 4 is 5.91 Å². The Hall–Kier alpha value is -2.33. The maximum Gasteiger partial charge on any atom is 0.254 e. The van der Waals surface area contributed by atoms with Crippen LogP contribution in [0.3, 0.4) is 0 Å². The maximum atomic E-state index is 13.1. The molecule has 2 bridgehead atoms. The zero-order valence-electron chi connectivity index (χ0n) is 16.9. The zero-order chi connectivity index (χ0) is 19.9. The molecule has 2 saturated heterocycles. The molecule has 0 unspecified atom stereocenters. The molecule has 4 nitrogen and oxygen atoms in total. The largest absolute Gasteiger partial charge is 0.490 e. The van der Waals surface area contributed by atoms with Crippen LogP contribution in [0.5, 0.6) is 5.75 Å². The van der Waals surface area contributed by atoms with Gasteiger partial charge in [0.25, 0.3) is 5.91 Å². The second-order valence-electron chi connectivity index (χ2n) is 9.04. The molecule has 0 aromatic heterocycles. The standard InChI is InChI=1S/C24H29NO3/c1-17-13-18(9-10-21(17)28-16-23(2,3)27)22(26)25-12-11-24(14-20(25)15-24)19-7-5-4-6-8-19/h4-10,13,20,27H,11-12,14-16H2,1-3H3. The molecule has 4 heteroatoms. The van der Waals surface area contributed by atoms with Crippen LogP contribution in [0.15, 0.2) is 48.5 Å². The van der Waals surface area contributed by atoms with Crippen LogP contribution in [0, 0.1) is 6.92 Å². The van der Waals surface area contributed by atoms with E-state index >= 15 is 0 Å². The zero-order valence-corrected chi connectivity index (χ0v) is 16.9. The number of ether oxygens (including phenoxy) is 1. The lowest BCUT2D eigenvalue weighted by atomic mass is 9.57. The Morgan fingerprint density at radius 3 is 2.50 bits per heavy atom. The number of carbonyl (C=O) groups is 1. The SMILES string of the molecule is Cc1cc(C(=O)N2CCC3(c4ccccc4)CC2C3)ccc1OCC(C)(C)O. The molecule has 3 aliphatic rings. The predicted octanol–water partition coefficient (Wildman–Crippen LogP) is 4.09. The number of hydrogen-bond acceptors (Lipinski definition) is 3. The normalized spacial score (nSPS) is 23.9. The Morgan fingerprint density at radius 1 is 1.21 bits per heavy atom. The van der Waals surface area contributed by atoms with E-state index in [1.807, 2.05) is 25.1 Å². The van der Waals surface area contributed by atoms with Crippen molar-refractivity contribution in [3.63, 3.8) is 0 Å². The molecule has 148 valence electrons. The highest BCUT2D eigenvalue weighted by Crippen LogP contribution is 2.52. The van der Waals surface area contributed by atoms with Crippen LogP contribution in [0.25, 0.3) is 0 Å². The third-order valence-electron chi connectivity index (χ3n) is 6.17. The molecule has 5 rings (SSSR count). The minimum Gasteiger partial charge on any atom is -0.490 e. The Morgan fingerprint density at radius 2 is 1.93 bits per heavy atom. The Labute approximate surface area is 167 Å². The summed E-state index contributed by atoms with van der Waals surface area (Å²) in [5.74, 6) is 0.826. The number of aliphatic hydroxyl groups is 1. The second-order valence-corrected chi connectivity index (χ2v) is 9.04. The quantitative estimate of drug-likeness (QED) is 0.851. The van der Waals surface area contributed by atoms with E-state index in [9.17, 15) is 9.90 Å². The van der Waals surface area contributed by atoms with Crippen molar-refractivity contribution in [2.24, 2.45) is 0 Å². The van der Waals surface area contributed by atoms with Crippen LogP contribution in [-0.4, -0.2) is 40.7 Å². The average Bonchev–Trinajstić information content (AvgIpc) is 2.65. The molecule has 1 aliphatic carbocycles. The fourth-order valence-corrected chi connectivity index (χ4v) is 4.59. The molecular formula is C24H29NO3. The molecule has 2 heterocycles. The van der Waals surface area contributed by atoms with Crippen molar-refractivity contribution in [3.8, 4) is 5.75 Å². The van der Waals surface area contributed by atoms with Crippen molar-refractivity contribution < 1.29 is 14.6 Å². The summed E-state index contributed by atoms with van der Waals surface area (Å²) in [6, 6.07) is 16.7. The van der Waals surface area contributed by atoms with Gasteiger partial charge in [-0.05, 0) is 69.4 Å². The molecule has 28 heavy (non-hydrogen) atoms. The molecule has 2 aromatic carbocycles. The van der Waals surface area contributed by atoms with E-state index in [1.165, 1.54) is 5.56 Å². The van der Waals surface area contributed by atoms with Gasteiger partial charge in [-0.25, -0.2) is 0 Å². The molecule has 1 saturated carbocycles. The first-order valence-electron chi connectivity index (χ1n) is 10.1. The summed E-state index contributed by atoms with van der Waals surface area (Å²) in [6.45, 7) is 6.40. The molecule has 0 atom stereocenters.